The Bertz CT molecular complexity index is 363. The van der Waals surface area contributed by atoms with Gasteiger partial charge in [0.05, 0.1) is 5.92 Å². The zero-order valence-electron chi connectivity index (χ0n) is 8.50. The molecule has 1 aromatic heterocycles. The van der Waals surface area contributed by atoms with Crippen LogP contribution >= 0.6 is 0 Å². The highest BCUT2D eigenvalue weighted by molar-refractivity contribution is 5.02. The van der Waals surface area contributed by atoms with Crippen LogP contribution < -0.4 is 5.73 Å². The van der Waals surface area contributed by atoms with Crippen LogP contribution in [0.5, 0.6) is 0 Å². The number of hydrogen-bond acceptors (Lipinski definition) is 4. The van der Waals surface area contributed by atoms with E-state index in [1.807, 2.05) is 0 Å². The van der Waals surface area contributed by atoms with Gasteiger partial charge in [0, 0.05) is 6.04 Å². The van der Waals surface area contributed by atoms with Gasteiger partial charge in [-0.25, -0.2) is 0 Å². The summed E-state index contributed by atoms with van der Waals surface area (Å²) < 4.78 is 41.0. The number of nitrogens with two attached hydrogens (primary N) is 1. The third-order valence-corrected chi connectivity index (χ3v) is 2.73. The van der Waals surface area contributed by atoms with Gasteiger partial charge < -0.3 is 10.3 Å². The molecule has 1 saturated carbocycles. The fourth-order valence-corrected chi connectivity index (χ4v) is 1.96. The van der Waals surface area contributed by atoms with E-state index in [9.17, 15) is 13.2 Å². The minimum absolute atomic E-state index is 0.0841. The molecule has 0 aliphatic heterocycles. The molecule has 2 N–H and O–H groups in total. The number of rotatable bonds is 2. The maximum atomic E-state index is 12.1. The van der Waals surface area contributed by atoms with Gasteiger partial charge in [0.1, 0.15) is 6.42 Å². The summed E-state index contributed by atoms with van der Waals surface area (Å²) in [5, 5.41) is 3.32. The standard InChI is InChI=1S/C9H12F3N3O/c10-9(11,12)4-7-14-8(16-15-7)5-2-1-3-6(5)13/h5-6H,1-4,13H2. The van der Waals surface area contributed by atoms with E-state index in [1.165, 1.54) is 0 Å². The lowest BCUT2D eigenvalue weighted by molar-refractivity contribution is -0.128. The first-order chi connectivity index (χ1) is 7.46. The maximum absolute atomic E-state index is 12.1. The van der Waals surface area contributed by atoms with Crippen LogP contribution in [-0.2, 0) is 6.42 Å². The Morgan fingerprint density at radius 3 is 2.69 bits per heavy atom. The Morgan fingerprint density at radius 1 is 1.38 bits per heavy atom. The molecule has 0 saturated heterocycles. The SMILES string of the molecule is NC1CCCC1c1nc(CC(F)(F)F)no1. The van der Waals surface area contributed by atoms with Crippen LogP contribution in [0.2, 0.25) is 0 Å². The minimum atomic E-state index is -4.31. The molecule has 0 bridgehead atoms. The number of aromatic nitrogens is 2. The predicted octanol–water partition coefficient (Wildman–Crippen LogP) is 1.77. The average molecular weight is 235 g/mol. The summed E-state index contributed by atoms with van der Waals surface area (Å²) in [6, 6.07) is -0.0841. The molecule has 1 aliphatic rings. The fraction of sp³-hybridized carbons (Fsp3) is 0.778. The number of hydrogen-bond donors (Lipinski definition) is 1. The molecule has 1 fully saturated rings. The van der Waals surface area contributed by atoms with Crippen molar-refractivity contribution in [1.29, 1.82) is 0 Å². The molecular formula is C9H12F3N3O. The van der Waals surface area contributed by atoms with Gasteiger partial charge in [-0.3, -0.25) is 0 Å². The Morgan fingerprint density at radius 2 is 2.12 bits per heavy atom. The molecule has 7 heteroatoms. The third kappa shape index (κ3) is 2.52. The van der Waals surface area contributed by atoms with Gasteiger partial charge in [-0.1, -0.05) is 11.6 Å². The first kappa shape index (κ1) is 11.4. The molecule has 1 heterocycles. The molecule has 2 rings (SSSR count). The van der Waals surface area contributed by atoms with E-state index in [0.29, 0.717) is 0 Å². The van der Waals surface area contributed by atoms with Crippen molar-refractivity contribution in [2.45, 2.75) is 43.8 Å². The normalized spacial score (nSPS) is 26.2. The van der Waals surface area contributed by atoms with E-state index >= 15 is 0 Å². The van der Waals surface area contributed by atoms with Crippen molar-refractivity contribution in [2.75, 3.05) is 0 Å². The molecular weight excluding hydrogens is 223 g/mol. The second kappa shape index (κ2) is 4.04. The zero-order valence-corrected chi connectivity index (χ0v) is 8.50. The van der Waals surface area contributed by atoms with Crippen molar-refractivity contribution >= 4 is 0 Å². The molecule has 2 atom stereocenters. The largest absolute Gasteiger partial charge is 0.396 e. The van der Waals surface area contributed by atoms with Crippen molar-refractivity contribution in [3.8, 4) is 0 Å². The Balaban J connectivity index is 2.07. The van der Waals surface area contributed by atoms with E-state index in [-0.39, 0.29) is 23.7 Å². The highest BCUT2D eigenvalue weighted by atomic mass is 19.4. The fourth-order valence-electron chi connectivity index (χ4n) is 1.96. The molecule has 0 radical (unpaired) electrons. The van der Waals surface area contributed by atoms with Gasteiger partial charge in [0.25, 0.3) is 0 Å². The monoisotopic (exact) mass is 235 g/mol. The first-order valence-electron chi connectivity index (χ1n) is 5.10. The first-order valence-corrected chi connectivity index (χ1v) is 5.10. The zero-order chi connectivity index (χ0) is 11.8. The van der Waals surface area contributed by atoms with Crippen LogP contribution in [-0.4, -0.2) is 22.4 Å². The third-order valence-electron chi connectivity index (χ3n) is 2.73. The smallest absolute Gasteiger partial charge is 0.339 e. The van der Waals surface area contributed by atoms with Crippen LogP contribution in [0.25, 0.3) is 0 Å². The lowest BCUT2D eigenvalue weighted by atomic mass is 10.1. The van der Waals surface area contributed by atoms with Gasteiger partial charge in [0.2, 0.25) is 5.89 Å². The van der Waals surface area contributed by atoms with Crippen molar-refractivity contribution in [2.24, 2.45) is 5.73 Å². The molecule has 0 aromatic carbocycles. The quantitative estimate of drug-likeness (QED) is 0.848. The Hall–Kier alpha value is -1.11. The lowest BCUT2D eigenvalue weighted by Crippen LogP contribution is -2.23. The second-order valence-corrected chi connectivity index (χ2v) is 4.04. The Labute approximate surface area is 90.0 Å². The van der Waals surface area contributed by atoms with Crippen molar-refractivity contribution < 1.29 is 17.7 Å². The molecule has 2 unspecified atom stereocenters. The van der Waals surface area contributed by atoms with Crippen LogP contribution in [0.4, 0.5) is 13.2 Å². The highest BCUT2D eigenvalue weighted by Gasteiger charge is 2.33. The summed E-state index contributed by atoms with van der Waals surface area (Å²) in [4.78, 5) is 3.75. The summed E-state index contributed by atoms with van der Waals surface area (Å²) in [7, 11) is 0. The lowest BCUT2D eigenvalue weighted by Gasteiger charge is -2.08. The molecule has 1 aliphatic carbocycles. The van der Waals surface area contributed by atoms with E-state index < -0.39 is 12.6 Å². The summed E-state index contributed by atoms with van der Waals surface area (Å²) in [5.74, 6) is -0.166. The van der Waals surface area contributed by atoms with Crippen molar-refractivity contribution in [3.05, 3.63) is 11.7 Å². The molecule has 16 heavy (non-hydrogen) atoms. The summed E-state index contributed by atoms with van der Waals surface area (Å²) in [6.45, 7) is 0. The van der Waals surface area contributed by atoms with E-state index in [1.54, 1.807) is 0 Å². The van der Waals surface area contributed by atoms with Crippen molar-refractivity contribution in [1.82, 2.24) is 10.1 Å². The molecule has 90 valence electrons. The molecule has 4 nitrogen and oxygen atoms in total. The average Bonchev–Trinajstić information content (AvgIpc) is 2.71. The van der Waals surface area contributed by atoms with Crippen LogP contribution in [0.1, 0.15) is 36.9 Å². The topological polar surface area (TPSA) is 64.9 Å². The number of alkyl halides is 3. The van der Waals surface area contributed by atoms with Crippen LogP contribution in [0, 0.1) is 0 Å². The molecule has 0 spiro atoms. The summed E-state index contributed by atoms with van der Waals surface area (Å²) in [5.41, 5.74) is 5.80. The van der Waals surface area contributed by atoms with Gasteiger partial charge in [0.15, 0.2) is 5.82 Å². The molecule has 0 amide bonds. The van der Waals surface area contributed by atoms with Crippen LogP contribution in [0.3, 0.4) is 0 Å². The van der Waals surface area contributed by atoms with Crippen LogP contribution in [0.15, 0.2) is 4.52 Å². The van der Waals surface area contributed by atoms with Gasteiger partial charge >= 0.3 is 6.18 Å². The minimum Gasteiger partial charge on any atom is -0.339 e. The predicted molar refractivity (Wildman–Crippen MR) is 48.6 cm³/mol. The Kier molecular flexibility index (Phi) is 2.88. The highest BCUT2D eigenvalue weighted by Crippen LogP contribution is 2.32. The van der Waals surface area contributed by atoms with Gasteiger partial charge in [-0.2, -0.15) is 18.2 Å². The van der Waals surface area contributed by atoms with E-state index in [2.05, 4.69) is 10.1 Å². The van der Waals surface area contributed by atoms with Gasteiger partial charge in [-0.15, -0.1) is 0 Å². The number of halogens is 3. The maximum Gasteiger partial charge on any atom is 0.396 e. The summed E-state index contributed by atoms with van der Waals surface area (Å²) >= 11 is 0. The summed E-state index contributed by atoms with van der Waals surface area (Å²) in [6.07, 6.45) is -2.86. The number of nitrogens with zero attached hydrogens (tertiary/aromatic N) is 2. The second-order valence-electron chi connectivity index (χ2n) is 4.04. The van der Waals surface area contributed by atoms with Crippen molar-refractivity contribution in [3.63, 3.8) is 0 Å². The van der Waals surface area contributed by atoms with Gasteiger partial charge in [-0.05, 0) is 12.8 Å². The van der Waals surface area contributed by atoms with E-state index in [0.717, 1.165) is 19.3 Å². The van der Waals surface area contributed by atoms with E-state index in [4.69, 9.17) is 10.3 Å². The molecule has 1 aromatic rings.